The minimum atomic E-state index is 0.511. The third-order valence-electron chi connectivity index (χ3n) is 5.51. The maximum absolute atomic E-state index is 4.98. The lowest BCUT2D eigenvalue weighted by molar-refractivity contribution is 0.431. The minimum absolute atomic E-state index is 0.511. The number of amidine groups is 2. The molecule has 5 heteroatoms. The van der Waals surface area contributed by atoms with Crippen molar-refractivity contribution in [2.75, 3.05) is 0 Å². The standard InChI is InChI=1S/C23H23N5/c1-16-6-10-22(25-20-8-9-21-19(12-20)13-24-27-21)26-23(11-7-16)28-14-17-4-2-3-5-18(17)15-28/h2-6,8-10,12-13,16H,7,11,14-15H2,1H3,(H,24,27). The number of nitrogens with zero attached hydrogens (tertiary/aromatic N) is 4. The van der Waals surface area contributed by atoms with Gasteiger partial charge in [-0.2, -0.15) is 5.10 Å². The molecule has 0 spiro atoms. The topological polar surface area (TPSA) is 56.6 Å². The predicted molar refractivity (Wildman–Crippen MR) is 114 cm³/mol. The van der Waals surface area contributed by atoms with Gasteiger partial charge >= 0.3 is 0 Å². The van der Waals surface area contributed by atoms with Crippen molar-refractivity contribution in [3.63, 3.8) is 0 Å². The second-order valence-electron chi connectivity index (χ2n) is 7.64. The van der Waals surface area contributed by atoms with E-state index in [-0.39, 0.29) is 0 Å². The Bertz CT molecular complexity index is 1080. The molecule has 1 unspecified atom stereocenters. The van der Waals surface area contributed by atoms with Gasteiger partial charge in [-0.15, -0.1) is 0 Å². The van der Waals surface area contributed by atoms with Crippen LogP contribution in [-0.4, -0.2) is 26.8 Å². The quantitative estimate of drug-likeness (QED) is 0.657. The second kappa shape index (κ2) is 7.08. The van der Waals surface area contributed by atoms with Gasteiger partial charge < -0.3 is 4.90 Å². The normalized spacial score (nSPS) is 20.9. The average Bonchev–Trinajstić information content (AvgIpc) is 3.33. The summed E-state index contributed by atoms with van der Waals surface area (Å²) in [7, 11) is 0. The number of hydrogen-bond acceptors (Lipinski definition) is 3. The fraction of sp³-hybridized carbons (Fsp3) is 0.261. The first-order chi connectivity index (χ1) is 13.7. The van der Waals surface area contributed by atoms with E-state index in [1.54, 1.807) is 0 Å². The van der Waals surface area contributed by atoms with E-state index in [0.717, 1.165) is 54.2 Å². The molecule has 5 rings (SSSR count). The summed E-state index contributed by atoms with van der Waals surface area (Å²) in [5, 5.41) is 8.13. The Labute approximate surface area is 164 Å². The Morgan fingerprint density at radius 2 is 1.93 bits per heavy atom. The van der Waals surface area contributed by atoms with Gasteiger partial charge in [0.15, 0.2) is 5.84 Å². The second-order valence-corrected chi connectivity index (χ2v) is 7.64. The first-order valence-electron chi connectivity index (χ1n) is 9.84. The predicted octanol–water partition coefficient (Wildman–Crippen LogP) is 4.99. The molecule has 0 saturated carbocycles. The minimum Gasteiger partial charge on any atom is -0.351 e. The van der Waals surface area contributed by atoms with Crippen LogP contribution in [0, 0.1) is 5.92 Å². The van der Waals surface area contributed by atoms with Gasteiger partial charge in [-0.25, -0.2) is 9.98 Å². The number of nitrogens with one attached hydrogen (secondary N) is 1. The largest absolute Gasteiger partial charge is 0.351 e. The fourth-order valence-electron chi connectivity index (χ4n) is 3.87. The molecule has 2 aromatic carbocycles. The molecule has 3 aromatic rings. The van der Waals surface area contributed by atoms with Gasteiger partial charge in [0, 0.05) is 24.9 Å². The highest BCUT2D eigenvalue weighted by atomic mass is 15.2. The number of aromatic amines is 1. The van der Waals surface area contributed by atoms with Crippen molar-refractivity contribution in [3.8, 4) is 0 Å². The van der Waals surface area contributed by atoms with Crippen LogP contribution in [0.1, 0.15) is 30.9 Å². The number of fused-ring (bicyclic) bond motifs is 2. The summed E-state index contributed by atoms with van der Waals surface area (Å²) in [5.41, 5.74) is 4.72. The summed E-state index contributed by atoms with van der Waals surface area (Å²) in [4.78, 5) is 12.2. The summed E-state index contributed by atoms with van der Waals surface area (Å²) in [6.07, 6.45) is 8.18. The molecule has 2 aliphatic rings. The SMILES string of the molecule is CC1C=CC(=Nc2ccc3[nH]ncc3c2)N=C(N2Cc3ccccc3C2)CC1. The molecule has 0 fully saturated rings. The highest BCUT2D eigenvalue weighted by molar-refractivity contribution is 6.04. The Morgan fingerprint density at radius 1 is 1.11 bits per heavy atom. The van der Waals surface area contributed by atoms with Gasteiger partial charge in [0.1, 0.15) is 5.84 Å². The van der Waals surface area contributed by atoms with Gasteiger partial charge in [-0.05, 0) is 47.7 Å². The van der Waals surface area contributed by atoms with Crippen LogP contribution < -0.4 is 0 Å². The van der Waals surface area contributed by atoms with Gasteiger partial charge in [0.2, 0.25) is 0 Å². The van der Waals surface area contributed by atoms with E-state index in [1.807, 2.05) is 24.4 Å². The number of rotatable bonds is 1. The molecule has 2 aliphatic heterocycles. The lowest BCUT2D eigenvalue weighted by atomic mass is 10.0. The number of benzene rings is 2. The van der Waals surface area contributed by atoms with Crippen molar-refractivity contribution >= 4 is 28.3 Å². The summed E-state index contributed by atoms with van der Waals surface area (Å²) < 4.78 is 0. The van der Waals surface area contributed by atoms with Crippen molar-refractivity contribution in [2.24, 2.45) is 15.9 Å². The highest BCUT2D eigenvalue weighted by Gasteiger charge is 2.22. The van der Waals surface area contributed by atoms with E-state index < -0.39 is 0 Å². The van der Waals surface area contributed by atoms with Crippen LogP contribution in [0.4, 0.5) is 5.69 Å². The molecule has 1 atom stereocenters. The van der Waals surface area contributed by atoms with Crippen molar-refractivity contribution < 1.29 is 0 Å². The van der Waals surface area contributed by atoms with Crippen molar-refractivity contribution in [2.45, 2.75) is 32.9 Å². The molecule has 0 aliphatic carbocycles. The fourth-order valence-corrected chi connectivity index (χ4v) is 3.87. The van der Waals surface area contributed by atoms with Crippen LogP contribution in [0.2, 0.25) is 0 Å². The van der Waals surface area contributed by atoms with E-state index in [4.69, 9.17) is 9.98 Å². The van der Waals surface area contributed by atoms with Crippen LogP contribution in [0.5, 0.6) is 0 Å². The van der Waals surface area contributed by atoms with E-state index in [0.29, 0.717) is 5.92 Å². The van der Waals surface area contributed by atoms with Gasteiger partial charge in [0.05, 0.1) is 17.4 Å². The van der Waals surface area contributed by atoms with Crippen LogP contribution in [0.3, 0.4) is 0 Å². The maximum Gasteiger partial charge on any atom is 0.154 e. The van der Waals surface area contributed by atoms with Crippen LogP contribution in [0.15, 0.2) is 70.8 Å². The van der Waals surface area contributed by atoms with Crippen LogP contribution in [0.25, 0.3) is 10.9 Å². The third-order valence-corrected chi connectivity index (χ3v) is 5.51. The monoisotopic (exact) mass is 369 g/mol. The van der Waals surface area contributed by atoms with Crippen LogP contribution >= 0.6 is 0 Å². The number of aliphatic imine (C=N–C) groups is 2. The molecule has 28 heavy (non-hydrogen) atoms. The number of aromatic nitrogens is 2. The Balaban J connectivity index is 1.49. The van der Waals surface area contributed by atoms with E-state index in [9.17, 15) is 0 Å². The molecule has 0 amide bonds. The smallest absolute Gasteiger partial charge is 0.154 e. The summed E-state index contributed by atoms with van der Waals surface area (Å²) in [6.45, 7) is 4.12. The summed E-state index contributed by atoms with van der Waals surface area (Å²) >= 11 is 0. The van der Waals surface area contributed by atoms with Crippen molar-refractivity contribution in [3.05, 3.63) is 71.9 Å². The van der Waals surface area contributed by atoms with Crippen molar-refractivity contribution in [1.82, 2.24) is 15.1 Å². The van der Waals surface area contributed by atoms with Gasteiger partial charge in [-0.3, -0.25) is 5.10 Å². The van der Waals surface area contributed by atoms with Crippen LogP contribution in [-0.2, 0) is 13.1 Å². The molecule has 0 saturated heterocycles. The Hall–Kier alpha value is -3.21. The third kappa shape index (κ3) is 3.36. The molecule has 0 bridgehead atoms. The summed E-state index contributed by atoms with van der Waals surface area (Å²) in [5.74, 6) is 2.41. The highest BCUT2D eigenvalue weighted by Crippen LogP contribution is 2.26. The lowest BCUT2D eigenvalue weighted by Gasteiger charge is -2.22. The molecule has 5 nitrogen and oxygen atoms in total. The van der Waals surface area contributed by atoms with Gasteiger partial charge in [-0.1, -0.05) is 37.3 Å². The molecule has 1 N–H and O–H groups in total. The first kappa shape index (κ1) is 16.9. The molecule has 140 valence electrons. The van der Waals surface area contributed by atoms with E-state index >= 15 is 0 Å². The first-order valence-corrected chi connectivity index (χ1v) is 9.84. The zero-order valence-electron chi connectivity index (χ0n) is 16.0. The molecule has 3 heterocycles. The number of allylic oxidation sites excluding steroid dienone is 1. The lowest BCUT2D eigenvalue weighted by Crippen LogP contribution is -2.27. The zero-order valence-corrected chi connectivity index (χ0v) is 16.0. The summed E-state index contributed by atoms with van der Waals surface area (Å²) in [6, 6.07) is 14.7. The average molecular weight is 369 g/mol. The zero-order chi connectivity index (χ0) is 18.9. The molecular formula is C23H23N5. The number of hydrogen-bond donors (Lipinski definition) is 1. The maximum atomic E-state index is 4.98. The molecule has 1 aromatic heterocycles. The number of H-pyrrole nitrogens is 1. The molecule has 0 radical (unpaired) electrons. The van der Waals surface area contributed by atoms with Crippen molar-refractivity contribution in [1.29, 1.82) is 0 Å². The molecular weight excluding hydrogens is 346 g/mol. The van der Waals surface area contributed by atoms with Gasteiger partial charge in [0.25, 0.3) is 0 Å². The Kier molecular flexibility index (Phi) is 4.28. The van der Waals surface area contributed by atoms with E-state index in [2.05, 4.69) is 58.4 Å². The Morgan fingerprint density at radius 3 is 2.75 bits per heavy atom. The van der Waals surface area contributed by atoms with E-state index in [1.165, 1.54) is 11.1 Å².